The Kier molecular flexibility index (Phi) is 3.04. The van der Waals surface area contributed by atoms with E-state index >= 15 is 0 Å². The molecule has 1 spiro atoms. The minimum absolute atomic E-state index is 0.0761. The van der Waals surface area contributed by atoms with Crippen molar-refractivity contribution >= 4 is 5.91 Å². The van der Waals surface area contributed by atoms with Crippen LogP contribution in [0.5, 0.6) is 0 Å². The minimum Gasteiger partial charge on any atom is -0.331 e. The normalized spacial score (nSPS) is 19.4. The smallest absolute Gasteiger partial charge is 0.273 e. The minimum atomic E-state index is -0.185. The molecule has 1 aromatic carbocycles. The van der Waals surface area contributed by atoms with Crippen LogP contribution in [0.3, 0.4) is 0 Å². The van der Waals surface area contributed by atoms with Crippen LogP contribution in [0.15, 0.2) is 42.6 Å². The van der Waals surface area contributed by atoms with E-state index in [1.54, 1.807) is 0 Å². The van der Waals surface area contributed by atoms with E-state index in [1.165, 1.54) is 18.4 Å². The van der Waals surface area contributed by atoms with Gasteiger partial charge in [-0.05, 0) is 56.4 Å². The topological polar surface area (TPSA) is 51.0 Å². The highest BCUT2D eigenvalue weighted by molar-refractivity contribution is 5.95. The van der Waals surface area contributed by atoms with Crippen molar-refractivity contribution < 1.29 is 4.79 Å². The molecule has 1 amide bonds. The van der Waals surface area contributed by atoms with Crippen molar-refractivity contribution in [2.45, 2.75) is 44.1 Å². The second-order valence-corrected chi connectivity index (χ2v) is 8.40. The van der Waals surface area contributed by atoms with Crippen LogP contribution in [0.25, 0.3) is 16.8 Å². The van der Waals surface area contributed by atoms with Crippen LogP contribution in [0.2, 0.25) is 0 Å². The Hall–Kier alpha value is -2.95. The number of hydrogen-bond acceptors (Lipinski definition) is 3. The van der Waals surface area contributed by atoms with E-state index < -0.39 is 0 Å². The second kappa shape index (κ2) is 5.31. The lowest BCUT2D eigenvalue weighted by molar-refractivity contribution is 0.0704. The molecule has 140 valence electrons. The SMILES string of the molecule is Cc1ncccc1-c1ccc2c(c1)-n1nc(C3CC3)cc1C(=O)N(C)C21CC1. The molecular formula is C23H22N4O. The number of rotatable bonds is 2. The maximum Gasteiger partial charge on any atom is 0.273 e. The molecule has 28 heavy (non-hydrogen) atoms. The molecule has 5 heteroatoms. The number of nitrogens with zero attached hydrogens (tertiary/aromatic N) is 4. The Morgan fingerprint density at radius 1 is 1.14 bits per heavy atom. The zero-order valence-corrected chi connectivity index (χ0v) is 16.1. The summed E-state index contributed by atoms with van der Waals surface area (Å²) >= 11 is 0. The van der Waals surface area contributed by atoms with Gasteiger partial charge in [-0.15, -0.1) is 0 Å². The van der Waals surface area contributed by atoms with Gasteiger partial charge in [-0.2, -0.15) is 5.10 Å². The molecule has 3 aliphatic rings. The predicted octanol–water partition coefficient (Wildman–Crippen LogP) is 4.19. The number of aromatic nitrogens is 3. The van der Waals surface area contributed by atoms with E-state index in [1.807, 2.05) is 41.9 Å². The summed E-state index contributed by atoms with van der Waals surface area (Å²) < 4.78 is 1.91. The summed E-state index contributed by atoms with van der Waals surface area (Å²) in [7, 11) is 1.94. The molecular weight excluding hydrogens is 348 g/mol. The Bertz CT molecular complexity index is 1140. The summed E-state index contributed by atoms with van der Waals surface area (Å²) in [6.07, 6.45) is 6.18. The predicted molar refractivity (Wildman–Crippen MR) is 107 cm³/mol. The Balaban J connectivity index is 1.61. The highest BCUT2D eigenvalue weighted by Crippen LogP contribution is 2.54. The van der Waals surface area contributed by atoms with E-state index in [-0.39, 0.29) is 11.4 Å². The number of pyridine rings is 1. The highest BCUT2D eigenvalue weighted by Gasteiger charge is 2.53. The summed E-state index contributed by atoms with van der Waals surface area (Å²) in [6, 6.07) is 12.6. The largest absolute Gasteiger partial charge is 0.331 e. The molecule has 0 saturated heterocycles. The molecule has 3 aromatic rings. The van der Waals surface area contributed by atoms with Crippen molar-refractivity contribution in [3.05, 3.63) is 65.2 Å². The molecule has 0 radical (unpaired) electrons. The number of aryl methyl sites for hydroxylation is 1. The third-order valence-electron chi connectivity index (χ3n) is 6.66. The van der Waals surface area contributed by atoms with Crippen molar-refractivity contribution in [1.82, 2.24) is 19.7 Å². The Labute approximate surface area is 164 Å². The second-order valence-electron chi connectivity index (χ2n) is 8.40. The zero-order valence-electron chi connectivity index (χ0n) is 16.1. The quantitative estimate of drug-likeness (QED) is 0.679. The van der Waals surface area contributed by atoms with Gasteiger partial charge in [-0.25, -0.2) is 4.68 Å². The molecule has 0 bridgehead atoms. The third-order valence-corrected chi connectivity index (χ3v) is 6.66. The monoisotopic (exact) mass is 370 g/mol. The molecule has 2 fully saturated rings. The molecule has 0 atom stereocenters. The van der Waals surface area contributed by atoms with Crippen molar-refractivity contribution in [3.63, 3.8) is 0 Å². The maximum atomic E-state index is 13.3. The number of hydrogen-bond donors (Lipinski definition) is 0. The van der Waals surface area contributed by atoms with Crippen LogP contribution in [-0.4, -0.2) is 32.6 Å². The number of carbonyl (C=O) groups excluding carboxylic acids is 1. The van der Waals surface area contributed by atoms with Crippen molar-refractivity contribution in [1.29, 1.82) is 0 Å². The van der Waals surface area contributed by atoms with Crippen molar-refractivity contribution in [3.8, 4) is 16.8 Å². The first kappa shape index (κ1) is 16.0. The van der Waals surface area contributed by atoms with Gasteiger partial charge in [0.2, 0.25) is 0 Å². The van der Waals surface area contributed by atoms with E-state index in [0.717, 1.165) is 41.0 Å². The molecule has 2 aromatic heterocycles. The van der Waals surface area contributed by atoms with Gasteiger partial charge < -0.3 is 4.90 Å². The molecule has 0 unspecified atom stereocenters. The average molecular weight is 370 g/mol. The third kappa shape index (κ3) is 2.10. The highest BCUT2D eigenvalue weighted by atomic mass is 16.2. The lowest BCUT2D eigenvalue weighted by Crippen LogP contribution is -2.36. The van der Waals surface area contributed by atoms with Gasteiger partial charge in [0.25, 0.3) is 5.91 Å². The Morgan fingerprint density at radius 2 is 1.96 bits per heavy atom. The van der Waals surface area contributed by atoms with Gasteiger partial charge in [-0.1, -0.05) is 18.2 Å². The van der Waals surface area contributed by atoms with Crippen LogP contribution in [0.1, 0.15) is 59.0 Å². The molecule has 2 saturated carbocycles. The average Bonchev–Trinajstić information content (AvgIpc) is 3.64. The number of benzene rings is 1. The summed E-state index contributed by atoms with van der Waals surface area (Å²) in [5.74, 6) is 0.590. The molecule has 2 aliphatic carbocycles. The number of amides is 1. The lowest BCUT2D eigenvalue weighted by Gasteiger charge is -2.27. The standard InChI is InChI=1S/C23H22N4O/c1-14-17(4-3-11-24-14)16-7-8-18-20(12-16)27-21(13-19(25-27)15-5-6-15)22(28)26(2)23(18)9-10-23/h3-4,7-8,11-13,15H,5-6,9-10H2,1-2H3. The van der Waals surface area contributed by atoms with Crippen molar-refractivity contribution in [2.24, 2.45) is 0 Å². The fraction of sp³-hybridized carbons (Fsp3) is 0.348. The van der Waals surface area contributed by atoms with Gasteiger partial charge in [0.05, 0.1) is 16.9 Å². The van der Waals surface area contributed by atoms with Crippen LogP contribution < -0.4 is 0 Å². The molecule has 3 heterocycles. The first-order valence-corrected chi connectivity index (χ1v) is 10.0. The van der Waals surface area contributed by atoms with Crippen molar-refractivity contribution in [2.75, 3.05) is 7.05 Å². The number of carbonyl (C=O) groups is 1. The van der Waals surface area contributed by atoms with Crippen LogP contribution in [0, 0.1) is 6.92 Å². The van der Waals surface area contributed by atoms with Crippen LogP contribution >= 0.6 is 0 Å². The summed E-state index contributed by atoms with van der Waals surface area (Å²) in [4.78, 5) is 19.7. The van der Waals surface area contributed by atoms with E-state index in [9.17, 15) is 4.79 Å². The van der Waals surface area contributed by atoms with Crippen LogP contribution in [-0.2, 0) is 5.54 Å². The van der Waals surface area contributed by atoms with Gasteiger partial charge in [-0.3, -0.25) is 9.78 Å². The van der Waals surface area contributed by atoms with Gasteiger partial charge >= 0.3 is 0 Å². The summed E-state index contributed by atoms with van der Waals surface area (Å²) in [5.41, 5.74) is 7.05. The lowest BCUT2D eigenvalue weighted by atomic mass is 9.96. The first-order chi connectivity index (χ1) is 13.6. The summed E-state index contributed by atoms with van der Waals surface area (Å²) in [6.45, 7) is 2.03. The number of fused-ring (bicyclic) bond motifs is 4. The van der Waals surface area contributed by atoms with Gasteiger partial charge in [0.1, 0.15) is 5.69 Å². The fourth-order valence-electron chi connectivity index (χ4n) is 4.64. The van der Waals surface area contributed by atoms with Crippen LogP contribution in [0.4, 0.5) is 0 Å². The molecule has 0 N–H and O–H groups in total. The van der Waals surface area contributed by atoms with E-state index in [4.69, 9.17) is 5.10 Å². The molecule has 5 nitrogen and oxygen atoms in total. The summed E-state index contributed by atoms with van der Waals surface area (Å²) in [5, 5.41) is 4.90. The Morgan fingerprint density at radius 3 is 2.68 bits per heavy atom. The first-order valence-electron chi connectivity index (χ1n) is 10.0. The van der Waals surface area contributed by atoms with E-state index in [0.29, 0.717) is 11.6 Å². The molecule has 1 aliphatic heterocycles. The van der Waals surface area contributed by atoms with Gasteiger partial charge in [0.15, 0.2) is 0 Å². The van der Waals surface area contributed by atoms with E-state index in [2.05, 4.69) is 29.2 Å². The fourth-order valence-corrected chi connectivity index (χ4v) is 4.64. The zero-order chi connectivity index (χ0) is 19.0. The van der Waals surface area contributed by atoms with Gasteiger partial charge in [0, 0.05) is 36.0 Å². The molecule has 6 rings (SSSR count). The maximum absolute atomic E-state index is 13.3.